The van der Waals surface area contributed by atoms with Crippen molar-refractivity contribution >= 4 is 41.0 Å². The van der Waals surface area contributed by atoms with Crippen LogP contribution in [0.4, 0.5) is 21.0 Å². The highest BCUT2D eigenvalue weighted by atomic mass is 32.1. The zero-order chi connectivity index (χ0) is 20.1. The van der Waals surface area contributed by atoms with E-state index in [0.29, 0.717) is 26.2 Å². The highest BCUT2D eigenvalue weighted by molar-refractivity contribution is 7.80. The third kappa shape index (κ3) is 4.56. The molecular formula is C18H24N4O5S. The summed E-state index contributed by atoms with van der Waals surface area (Å²) < 4.78 is 15.0. The Hall–Kier alpha value is -2.75. The standard InChI is InChI=1S/C18H24N4O5S/c1-25-16(28)19-11-15-12-22(18(24)27-15)14-5-3-13(4-6-14)20-7-9-21(10-8-20)17(23)26-2/h3-6,15H,7-12H2,1-2H3,(H,19,28). The van der Waals surface area contributed by atoms with Crippen LogP contribution in [0.15, 0.2) is 24.3 Å². The molecule has 1 aromatic rings. The van der Waals surface area contributed by atoms with Gasteiger partial charge in [-0.15, -0.1) is 0 Å². The molecule has 2 heterocycles. The first-order valence-corrected chi connectivity index (χ1v) is 9.40. The number of nitrogens with zero attached hydrogens (tertiary/aromatic N) is 3. The van der Waals surface area contributed by atoms with Crippen LogP contribution in [0, 0.1) is 0 Å². The molecule has 0 saturated carbocycles. The van der Waals surface area contributed by atoms with Crippen LogP contribution in [-0.2, 0) is 14.2 Å². The second-order valence-corrected chi connectivity index (χ2v) is 6.82. The highest BCUT2D eigenvalue weighted by Crippen LogP contribution is 2.25. The fraction of sp³-hybridized carbons (Fsp3) is 0.500. The number of carbonyl (C=O) groups excluding carboxylic acids is 2. The molecule has 0 spiro atoms. The molecule has 0 aliphatic carbocycles. The lowest BCUT2D eigenvalue weighted by Gasteiger charge is -2.35. The van der Waals surface area contributed by atoms with E-state index in [1.807, 2.05) is 24.3 Å². The van der Waals surface area contributed by atoms with E-state index >= 15 is 0 Å². The molecule has 3 rings (SSSR count). The van der Waals surface area contributed by atoms with Gasteiger partial charge in [0.1, 0.15) is 6.10 Å². The Morgan fingerprint density at radius 1 is 1.14 bits per heavy atom. The van der Waals surface area contributed by atoms with Crippen molar-refractivity contribution in [2.75, 3.05) is 63.3 Å². The molecule has 9 nitrogen and oxygen atoms in total. The van der Waals surface area contributed by atoms with Crippen LogP contribution in [-0.4, -0.2) is 81.9 Å². The van der Waals surface area contributed by atoms with Gasteiger partial charge < -0.3 is 29.3 Å². The quantitative estimate of drug-likeness (QED) is 0.749. The molecule has 0 bridgehead atoms. The molecule has 1 aromatic carbocycles. The minimum atomic E-state index is -0.380. The smallest absolute Gasteiger partial charge is 0.414 e. The molecule has 1 N–H and O–H groups in total. The Balaban J connectivity index is 1.55. The van der Waals surface area contributed by atoms with E-state index < -0.39 is 0 Å². The summed E-state index contributed by atoms with van der Waals surface area (Å²) in [6, 6.07) is 7.75. The van der Waals surface area contributed by atoms with Gasteiger partial charge in [-0.1, -0.05) is 0 Å². The average Bonchev–Trinajstić information content (AvgIpc) is 3.12. The van der Waals surface area contributed by atoms with Gasteiger partial charge >= 0.3 is 12.2 Å². The van der Waals surface area contributed by atoms with Crippen LogP contribution >= 0.6 is 12.2 Å². The predicted molar refractivity (Wildman–Crippen MR) is 108 cm³/mol. The molecule has 2 fully saturated rings. The first-order chi connectivity index (χ1) is 13.5. The van der Waals surface area contributed by atoms with E-state index in [2.05, 4.69) is 10.2 Å². The molecular weight excluding hydrogens is 384 g/mol. The zero-order valence-corrected chi connectivity index (χ0v) is 16.7. The molecule has 1 unspecified atom stereocenters. The Morgan fingerprint density at radius 2 is 1.79 bits per heavy atom. The lowest BCUT2D eigenvalue weighted by molar-refractivity contribution is 0.121. The van der Waals surface area contributed by atoms with E-state index in [9.17, 15) is 9.59 Å². The van der Waals surface area contributed by atoms with Crippen LogP contribution in [0.3, 0.4) is 0 Å². The molecule has 0 radical (unpaired) electrons. The Labute approximate surface area is 169 Å². The molecule has 2 saturated heterocycles. The molecule has 2 aliphatic heterocycles. The number of piperazine rings is 1. The maximum absolute atomic E-state index is 12.2. The van der Waals surface area contributed by atoms with Crippen molar-refractivity contribution in [2.24, 2.45) is 0 Å². The Morgan fingerprint density at radius 3 is 2.39 bits per heavy atom. The van der Waals surface area contributed by atoms with Gasteiger partial charge in [-0.2, -0.15) is 0 Å². The van der Waals surface area contributed by atoms with Crippen molar-refractivity contribution < 1.29 is 23.8 Å². The topological polar surface area (TPSA) is 83.6 Å². The Bertz CT molecular complexity index is 721. The van der Waals surface area contributed by atoms with Crippen molar-refractivity contribution in [2.45, 2.75) is 6.10 Å². The second kappa shape index (κ2) is 8.96. The fourth-order valence-corrected chi connectivity index (χ4v) is 3.31. The normalized spacial score (nSPS) is 19.3. The highest BCUT2D eigenvalue weighted by Gasteiger charge is 2.32. The monoisotopic (exact) mass is 408 g/mol. The summed E-state index contributed by atoms with van der Waals surface area (Å²) in [5, 5.41) is 3.17. The van der Waals surface area contributed by atoms with Gasteiger partial charge in [0.05, 0.1) is 27.3 Å². The van der Waals surface area contributed by atoms with Gasteiger partial charge in [0, 0.05) is 37.6 Å². The second-order valence-electron chi connectivity index (χ2n) is 6.45. The van der Waals surface area contributed by atoms with Crippen molar-refractivity contribution in [1.82, 2.24) is 10.2 Å². The summed E-state index contributed by atoms with van der Waals surface area (Å²) in [5.74, 6) is 0. The lowest BCUT2D eigenvalue weighted by atomic mass is 10.2. The van der Waals surface area contributed by atoms with Gasteiger partial charge in [-0.05, 0) is 36.5 Å². The molecule has 0 aromatic heterocycles. The van der Waals surface area contributed by atoms with Gasteiger partial charge in [-0.25, -0.2) is 9.59 Å². The van der Waals surface area contributed by atoms with Crippen molar-refractivity contribution in [3.8, 4) is 0 Å². The predicted octanol–water partition coefficient (Wildman–Crippen LogP) is 1.42. The number of benzene rings is 1. The van der Waals surface area contributed by atoms with Crippen LogP contribution in [0.1, 0.15) is 0 Å². The summed E-state index contributed by atoms with van der Waals surface area (Å²) in [6.07, 6.45) is -0.973. The van der Waals surface area contributed by atoms with E-state index in [4.69, 9.17) is 26.4 Å². The summed E-state index contributed by atoms with van der Waals surface area (Å²) in [6.45, 7) is 3.53. The summed E-state index contributed by atoms with van der Waals surface area (Å²) in [4.78, 5) is 29.2. The summed E-state index contributed by atoms with van der Waals surface area (Å²) >= 11 is 4.93. The number of carbonyl (C=O) groups is 2. The van der Waals surface area contributed by atoms with E-state index in [1.165, 1.54) is 14.2 Å². The number of cyclic esters (lactones) is 1. The third-order valence-corrected chi connectivity index (χ3v) is 5.08. The van der Waals surface area contributed by atoms with Crippen molar-refractivity contribution in [3.05, 3.63) is 24.3 Å². The number of hydrogen-bond donors (Lipinski definition) is 1. The van der Waals surface area contributed by atoms with Crippen LogP contribution in [0.5, 0.6) is 0 Å². The van der Waals surface area contributed by atoms with Crippen LogP contribution in [0.2, 0.25) is 0 Å². The van der Waals surface area contributed by atoms with Gasteiger partial charge in [-0.3, -0.25) is 4.90 Å². The fourth-order valence-electron chi connectivity index (χ4n) is 3.23. The minimum absolute atomic E-state index is 0.270. The number of anilines is 2. The van der Waals surface area contributed by atoms with Crippen LogP contribution < -0.4 is 15.1 Å². The van der Waals surface area contributed by atoms with E-state index in [0.717, 1.165) is 24.5 Å². The van der Waals surface area contributed by atoms with Gasteiger partial charge in [0.2, 0.25) is 0 Å². The molecule has 152 valence electrons. The van der Waals surface area contributed by atoms with Crippen molar-refractivity contribution in [3.63, 3.8) is 0 Å². The molecule has 10 heteroatoms. The number of hydrogen-bond acceptors (Lipinski definition) is 7. The summed E-state index contributed by atoms with van der Waals surface area (Å²) in [7, 11) is 2.88. The minimum Gasteiger partial charge on any atom is -0.474 e. The maximum atomic E-state index is 12.2. The van der Waals surface area contributed by atoms with Crippen LogP contribution in [0.25, 0.3) is 0 Å². The number of amides is 2. The van der Waals surface area contributed by atoms with Gasteiger partial charge in [0.15, 0.2) is 0 Å². The molecule has 28 heavy (non-hydrogen) atoms. The molecule has 1 atom stereocenters. The van der Waals surface area contributed by atoms with E-state index in [1.54, 1.807) is 9.80 Å². The first kappa shape index (κ1) is 20.0. The Kier molecular flexibility index (Phi) is 6.40. The number of rotatable bonds is 4. The molecule has 2 aliphatic rings. The number of thiocarbonyl (C=S) groups is 1. The van der Waals surface area contributed by atoms with E-state index in [-0.39, 0.29) is 23.5 Å². The lowest BCUT2D eigenvalue weighted by Crippen LogP contribution is -2.48. The largest absolute Gasteiger partial charge is 0.474 e. The number of methoxy groups -OCH3 is 2. The zero-order valence-electron chi connectivity index (χ0n) is 15.9. The summed E-state index contributed by atoms with van der Waals surface area (Å²) in [5.41, 5.74) is 1.82. The average molecular weight is 408 g/mol. The van der Waals surface area contributed by atoms with Gasteiger partial charge in [0.25, 0.3) is 5.17 Å². The van der Waals surface area contributed by atoms with Crippen molar-refractivity contribution in [1.29, 1.82) is 0 Å². The SMILES string of the molecule is COC(=O)N1CCN(c2ccc(N3CC(CNC(=S)OC)OC3=O)cc2)CC1. The number of nitrogens with one attached hydrogen (secondary N) is 1. The third-order valence-electron chi connectivity index (χ3n) is 4.77. The maximum Gasteiger partial charge on any atom is 0.414 e. The first-order valence-electron chi connectivity index (χ1n) is 8.99. The molecule has 2 amide bonds. The number of ether oxygens (including phenoxy) is 3.